The number of amides is 2. The van der Waals surface area contributed by atoms with Crippen LogP contribution in [-0.4, -0.2) is 48.8 Å². The van der Waals surface area contributed by atoms with Gasteiger partial charge in [-0.15, -0.1) is 0 Å². The van der Waals surface area contributed by atoms with Crippen LogP contribution in [0, 0.1) is 0 Å². The number of nitrogens with zero attached hydrogens (tertiary/aromatic N) is 2. The topological polar surface area (TPSA) is 75.7 Å². The lowest BCUT2D eigenvalue weighted by molar-refractivity contribution is 0.131. The molecular formula is C29H34N4O3. The van der Waals surface area contributed by atoms with E-state index in [-0.39, 0.29) is 17.5 Å². The minimum Gasteiger partial charge on any atom is -0.493 e. The zero-order chi connectivity index (χ0) is 25.0. The summed E-state index contributed by atoms with van der Waals surface area (Å²) in [4.78, 5) is 19.4. The Bertz CT molecular complexity index is 1170. The number of urea groups is 1. The Morgan fingerprint density at radius 1 is 1.03 bits per heavy atom. The third-order valence-corrected chi connectivity index (χ3v) is 7.83. The summed E-state index contributed by atoms with van der Waals surface area (Å²) in [5.41, 5.74) is 3.35. The maximum atomic E-state index is 12.8. The van der Waals surface area contributed by atoms with Gasteiger partial charge in [0.1, 0.15) is 0 Å². The van der Waals surface area contributed by atoms with E-state index in [0.29, 0.717) is 6.04 Å². The molecule has 2 aromatic carbocycles. The number of hydrogen-bond donors (Lipinski definition) is 2. The summed E-state index contributed by atoms with van der Waals surface area (Å²) < 4.78 is 11.2. The number of ether oxygens (including phenoxy) is 2. The highest BCUT2D eigenvalue weighted by Crippen LogP contribution is 2.50. The Kier molecular flexibility index (Phi) is 7.09. The number of pyridine rings is 1. The van der Waals surface area contributed by atoms with Crippen molar-refractivity contribution in [3.63, 3.8) is 0 Å². The van der Waals surface area contributed by atoms with Crippen molar-refractivity contribution in [1.29, 1.82) is 0 Å². The number of methoxy groups -OCH3 is 2. The van der Waals surface area contributed by atoms with E-state index in [1.165, 1.54) is 11.1 Å². The summed E-state index contributed by atoms with van der Waals surface area (Å²) in [6, 6.07) is 20.8. The molecule has 1 saturated heterocycles. The van der Waals surface area contributed by atoms with Gasteiger partial charge in [-0.2, -0.15) is 0 Å². The van der Waals surface area contributed by atoms with Crippen molar-refractivity contribution in [1.82, 2.24) is 15.2 Å². The van der Waals surface area contributed by atoms with Gasteiger partial charge in [-0.1, -0.05) is 36.4 Å². The van der Waals surface area contributed by atoms with Gasteiger partial charge < -0.3 is 20.1 Å². The fraction of sp³-hybridized carbons (Fsp3) is 0.379. The predicted octanol–water partition coefficient (Wildman–Crippen LogP) is 4.99. The largest absolute Gasteiger partial charge is 0.493 e. The van der Waals surface area contributed by atoms with Crippen LogP contribution in [0.25, 0.3) is 0 Å². The van der Waals surface area contributed by atoms with E-state index in [1.54, 1.807) is 38.7 Å². The third-order valence-electron chi connectivity index (χ3n) is 7.83. The van der Waals surface area contributed by atoms with Gasteiger partial charge in [0, 0.05) is 42.1 Å². The summed E-state index contributed by atoms with van der Waals surface area (Å²) >= 11 is 0. The molecule has 1 saturated carbocycles. The molecule has 7 heteroatoms. The summed E-state index contributed by atoms with van der Waals surface area (Å²) in [5.74, 6) is 1.51. The average molecular weight is 487 g/mol. The van der Waals surface area contributed by atoms with E-state index in [1.807, 2.05) is 6.07 Å². The average Bonchev–Trinajstić information content (AvgIpc) is 3.28. The molecular weight excluding hydrogens is 452 g/mol. The number of aromatic nitrogens is 1. The highest BCUT2D eigenvalue weighted by atomic mass is 16.5. The van der Waals surface area contributed by atoms with Crippen LogP contribution in [0.15, 0.2) is 73.1 Å². The van der Waals surface area contributed by atoms with Crippen molar-refractivity contribution in [2.45, 2.75) is 49.7 Å². The quantitative estimate of drug-likeness (QED) is 0.492. The molecule has 188 valence electrons. The van der Waals surface area contributed by atoms with Gasteiger partial charge in [-0.3, -0.25) is 9.88 Å². The number of rotatable bonds is 7. The van der Waals surface area contributed by atoms with Gasteiger partial charge in [-0.25, -0.2) is 4.79 Å². The van der Waals surface area contributed by atoms with E-state index in [2.05, 4.69) is 63.0 Å². The standard InChI is InChI=1S/C29H34N4O3/c1-35-25-9-8-22(18-26(25)36-2)29-13-10-24(32-28(34)31-23-11-15-30-16-12-23)19-27(29)33(17-14-29)20-21-6-4-3-5-7-21/h3-9,11-12,15-16,18,24,27H,10,13-14,17,19-20H2,1-2H3,(H2,30,31,32,34). The van der Waals surface area contributed by atoms with Crippen molar-refractivity contribution in [3.05, 3.63) is 84.2 Å². The minimum absolute atomic E-state index is 0.00802. The Morgan fingerprint density at radius 3 is 2.56 bits per heavy atom. The van der Waals surface area contributed by atoms with Crippen LogP contribution in [-0.2, 0) is 12.0 Å². The van der Waals surface area contributed by atoms with Gasteiger partial charge in [-0.05, 0) is 67.6 Å². The van der Waals surface area contributed by atoms with Gasteiger partial charge in [0.2, 0.25) is 0 Å². The number of anilines is 1. The second kappa shape index (κ2) is 10.6. The molecule has 1 aromatic heterocycles. The number of carbonyl (C=O) groups excluding carboxylic acids is 1. The molecule has 0 bridgehead atoms. The lowest BCUT2D eigenvalue weighted by Crippen LogP contribution is -2.52. The summed E-state index contributed by atoms with van der Waals surface area (Å²) in [5, 5.41) is 6.17. The minimum atomic E-state index is -0.169. The zero-order valence-corrected chi connectivity index (χ0v) is 20.9. The van der Waals surface area contributed by atoms with E-state index in [0.717, 1.165) is 56.0 Å². The van der Waals surface area contributed by atoms with Crippen molar-refractivity contribution < 1.29 is 14.3 Å². The molecule has 5 rings (SSSR count). The summed E-state index contributed by atoms with van der Waals surface area (Å²) in [7, 11) is 3.36. The van der Waals surface area contributed by atoms with Gasteiger partial charge in [0.15, 0.2) is 11.5 Å². The monoisotopic (exact) mass is 486 g/mol. The molecule has 3 unspecified atom stereocenters. The smallest absolute Gasteiger partial charge is 0.319 e. The second-order valence-corrected chi connectivity index (χ2v) is 9.75. The van der Waals surface area contributed by atoms with Gasteiger partial charge >= 0.3 is 6.03 Å². The molecule has 2 amide bonds. The maximum absolute atomic E-state index is 12.8. The number of fused-ring (bicyclic) bond motifs is 1. The van der Waals surface area contributed by atoms with Crippen LogP contribution in [0.3, 0.4) is 0 Å². The highest BCUT2D eigenvalue weighted by Gasteiger charge is 2.51. The number of likely N-dealkylation sites (tertiary alicyclic amines) is 1. The molecule has 2 N–H and O–H groups in total. The first kappa shape index (κ1) is 24.1. The van der Waals surface area contributed by atoms with Crippen molar-refractivity contribution >= 4 is 11.7 Å². The third kappa shape index (κ3) is 4.88. The molecule has 3 atom stereocenters. The first-order valence-corrected chi connectivity index (χ1v) is 12.6. The van der Waals surface area contributed by atoms with Crippen molar-refractivity contribution in [2.75, 3.05) is 26.1 Å². The van der Waals surface area contributed by atoms with Crippen molar-refractivity contribution in [3.8, 4) is 11.5 Å². The fourth-order valence-corrected chi connectivity index (χ4v) is 6.05. The SMILES string of the molecule is COc1ccc(C23CCC(NC(=O)Nc4ccncc4)CC2N(Cc2ccccc2)CC3)cc1OC. The zero-order valence-electron chi connectivity index (χ0n) is 20.9. The van der Waals surface area contributed by atoms with Crippen molar-refractivity contribution in [2.24, 2.45) is 0 Å². The summed E-state index contributed by atoms with van der Waals surface area (Å²) in [6.07, 6.45) is 7.24. The Balaban J connectivity index is 1.39. The first-order valence-electron chi connectivity index (χ1n) is 12.6. The van der Waals surface area contributed by atoms with Crippen LogP contribution in [0.1, 0.15) is 36.8 Å². The van der Waals surface area contributed by atoms with Gasteiger partial charge in [0.25, 0.3) is 0 Å². The number of benzene rings is 2. The molecule has 0 spiro atoms. The number of carbonyl (C=O) groups is 1. The van der Waals surface area contributed by atoms with Gasteiger partial charge in [0.05, 0.1) is 14.2 Å². The number of hydrogen-bond acceptors (Lipinski definition) is 5. The molecule has 2 fully saturated rings. The maximum Gasteiger partial charge on any atom is 0.319 e. The van der Waals surface area contributed by atoms with E-state index >= 15 is 0 Å². The molecule has 7 nitrogen and oxygen atoms in total. The van der Waals surface area contributed by atoms with Crippen LogP contribution in [0.4, 0.5) is 10.5 Å². The molecule has 1 aliphatic carbocycles. The Morgan fingerprint density at radius 2 is 1.81 bits per heavy atom. The van der Waals surface area contributed by atoms with E-state index < -0.39 is 0 Å². The lowest BCUT2D eigenvalue weighted by Gasteiger charge is -2.45. The fourth-order valence-electron chi connectivity index (χ4n) is 6.05. The molecule has 0 radical (unpaired) electrons. The van der Waals surface area contributed by atoms with Crippen LogP contribution in [0.2, 0.25) is 0 Å². The first-order chi connectivity index (χ1) is 17.6. The summed E-state index contributed by atoms with van der Waals surface area (Å²) in [6.45, 7) is 1.92. The Hall–Kier alpha value is -3.58. The molecule has 2 aliphatic rings. The molecule has 2 heterocycles. The normalized spacial score (nSPS) is 23.5. The van der Waals surface area contributed by atoms with Crippen LogP contribution < -0.4 is 20.1 Å². The highest BCUT2D eigenvalue weighted by molar-refractivity contribution is 5.89. The van der Waals surface area contributed by atoms with Crippen LogP contribution >= 0.6 is 0 Å². The molecule has 36 heavy (non-hydrogen) atoms. The molecule has 3 aromatic rings. The second-order valence-electron chi connectivity index (χ2n) is 9.75. The number of nitrogens with one attached hydrogen (secondary N) is 2. The molecule has 1 aliphatic heterocycles. The van der Waals surface area contributed by atoms with E-state index in [4.69, 9.17) is 9.47 Å². The Labute approximate surface area is 212 Å². The lowest BCUT2D eigenvalue weighted by atomic mass is 9.65. The van der Waals surface area contributed by atoms with Crippen LogP contribution in [0.5, 0.6) is 11.5 Å². The van der Waals surface area contributed by atoms with E-state index in [9.17, 15) is 4.79 Å². The predicted molar refractivity (Wildman–Crippen MR) is 141 cm³/mol.